The van der Waals surface area contributed by atoms with Gasteiger partial charge < -0.3 is 10.1 Å². The van der Waals surface area contributed by atoms with E-state index in [-0.39, 0.29) is 22.8 Å². The summed E-state index contributed by atoms with van der Waals surface area (Å²) in [6.07, 6.45) is 0. The third kappa shape index (κ3) is 2.82. The van der Waals surface area contributed by atoms with Crippen molar-refractivity contribution in [3.05, 3.63) is 0 Å². The van der Waals surface area contributed by atoms with E-state index in [2.05, 4.69) is 33.0 Å². The topological polar surface area (TPSA) is 38.3 Å². The number of carbonyl (C=O) groups is 1. The van der Waals surface area contributed by atoms with Crippen LogP contribution in [0.25, 0.3) is 0 Å². The van der Waals surface area contributed by atoms with Crippen LogP contribution in [0.15, 0.2) is 0 Å². The molecule has 0 aromatic heterocycles. The maximum Gasteiger partial charge on any atom is 0.323 e. The van der Waals surface area contributed by atoms with Gasteiger partial charge in [0.25, 0.3) is 0 Å². The highest BCUT2D eigenvalue weighted by Gasteiger charge is 2.65. The minimum atomic E-state index is -0.415. The van der Waals surface area contributed by atoms with Crippen molar-refractivity contribution in [1.29, 1.82) is 0 Å². The summed E-state index contributed by atoms with van der Waals surface area (Å²) in [6, 6.07) is 0.123. The van der Waals surface area contributed by atoms with Crippen LogP contribution in [0.4, 0.5) is 0 Å². The zero-order valence-electron chi connectivity index (χ0n) is 12.5. The first-order valence-corrected chi connectivity index (χ1v) is 6.38. The Morgan fingerprint density at radius 1 is 1.18 bits per heavy atom. The van der Waals surface area contributed by atoms with Gasteiger partial charge in [-0.3, -0.25) is 4.79 Å². The van der Waals surface area contributed by atoms with Crippen LogP contribution in [-0.4, -0.2) is 23.7 Å². The van der Waals surface area contributed by atoms with E-state index in [1.807, 2.05) is 27.7 Å². The van der Waals surface area contributed by atoms with E-state index in [0.29, 0.717) is 6.04 Å². The molecule has 1 aliphatic rings. The van der Waals surface area contributed by atoms with Crippen molar-refractivity contribution in [3.63, 3.8) is 0 Å². The first-order chi connectivity index (χ1) is 7.39. The van der Waals surface area contributed by atoms with Crippen LogP contribution in [0, 0.1) is 10.8 Å². The highest BCUT2D eigenvalue weighted by Crippen LogP contribution is 2.62. The molecule has 0 aromatic carbocycles. The third-order valence-corrected chi connectivity index (χ3v) is 4.20. The van der Waals surface area contributed by atoms with Crippen LogP contribution in [0.3, 0.4) is 0 Å². The summed E-state index contributed by atoms with van der Waals surface area (Å²) in [5, 5.41) is 3.38. The predicted molar refractivity (Wildman–Crippen MR) is 69.8 cm³/mol. The molecule has 1 unspecified atom stereocenters. The van der Waals surface area contributed by atoms with E-state index in [1.54, 1.807) is 0 Å². The molecule has 1 saturated carbocycles. The Morgan fingerprint density at radius 3 is 1.88 bits per heavy atom. The summed E-state index contributed by atoms with van der Waals surface area (Å²) in [6.45, 7) is 16.5. The number of hydrogen-bond donors (Lipinski definition) is 1. The standard InChI is InChI=1S/C14H27NO2/c1-9(10(16)17-12(2,3)4)15-11-13(5,6)14(11,7)8/h9,11,15H,1-8H3. The molecule has 0 aromatic rings. The van der Waals surface area contributed by atoms with Crippen molar-refractivity contribution in [2.24, 2.45) is 10.8 Å². The number of ether oxygens (including phenoxy) is 1. The lowest BCUT2D eigenvalue weighted by Crippen LogP contribution is -2.41. The molecule has 0 amide bonds. The Labute approximate surface area is 105 Å². The third-order valence-electron chi connectivity index (χ3n) is 4.20. The van der Waals surface area contributed by atoms with Gasteiger partial charge in [0.1, 0.15) is 11.6 Å². The molecular weight excluding hydrogens is 214 g/mol. The second kappa shape index (κ2) is 3.98. The Hall–Kier alpha value is -0.570. The van der Waals surface area contributed by atoms with Gasteiger partial charge in [0.05, 0.1) is 0 Å². The Bertz CT molecular complexity index is 299. The molecule has 1 fully saturated rings. The molecule has 3 heteroatoms. The van der Waals surface area contributed by atoms with Crippen LogP contribution >= 0.6 is 0 Å². The second-order valence-corrected chi connectivity index (χ2v) is 7.30. The average molecular weight is 241 g/mol. The van der Waals surface area contributed by atoms with Gasteiger partial charge in [-0.15, -0.1) is 0 Å². The maximum absolute atomic E-state index is 11.9. The van der Waals surface area contributed by atoms with Crippen molar-refractivity contribution in [2.45, 2.75) is 73.1 Å². The lowest BCUT2D eigenvalue weighted by molar-refractivity contribution is -0.157. The summed E-state index contributed by atoms with van der Waals surface area (Å²) in [4.78, 5) is 11.9. The van der Waals surface area contributed by atoms with Gasteiger partial charge in [0, 0.05) is 6.04 Å². The summed E-state index contributed by atoms with van der Waals surface area (Å²) in [5.74, 6) is -0.170. The quantitative estimate of drug-likeness (QED) is 0.772. The highest BCUT2D eigenvalue weighted by molar-refractivity contribution is 5.75. The molecular formula is C14H27NO2. The molecule has 3 nitrogen and oxygen atoms in total. The minimum absolute atomic E-state index is 0.170. The van der Waals surface area contributed by atoms with Gasteiger partial charge in [-0.25, -0.2) is 0 Å². The lowest BCUT2D eigenvalue weighted by Gasteiger charge is -2.23. The van der Waals surface area contributed by atoms with Crippen molar-refractivity contribution < 1.29 is 9.53 Å². The summed E-state index contributed by atoms with van der Waals surface area (Å²) < 4.78 is 5.36. The Morgan fingerprint density at radius 2 is 1.59 bits per heavy atom. The molecule has 0 bridgehead atoms. The van der Waals surface area contributed by atoms with E-state index in [9.17, 15) is 4.79 Å². The van der Waals surface area contributed by atoms with E-state index >= 15 is 0 Å². The van der Waals surface area contributed by atoms with E-state index in [1.165, 1.54) is 0 Å². The highest BCUT2D eigenvalue weighted by atomic mass is 16.6. The maximum atomic E-state index is 11.9. The van der Waals surface area contributed by atoms with Gasteiger partial charge in [0.2, 0.25) is 0 Å². The zero-order chi connectivity index (χ0) is 13.6. The number of nitrogens with one attached hydrogen (secondary N) is 1. The molecule has 1 N–H and O–H groups in total. The van der Waals surface area contributed by atoms with Crippen molar-refractivity contribution >= 4 is 5.97 Å². The molecule has 0 heterocycles. The number of esters is 1. The molecule has 0 radical (unpaired) electrons. The van der Waals surface area contributed by atoms with Crippen molar-refractivity contribution in [2.75, 3.05) is 0 Å². The SMILES string of the molecule is CC(NC1C(C)(C)C1(C)C)C(=O)OC(C)(C)C. The minimum Gasteiger partial charge on any atom is -0.459 e. The molecule has 0 saturated heterocycles. The Balaban J connectivity index is 2.52. The number of rotatable bonds is 3. The summed E-state index contributed by atoms with van der Waals surface area (Å²) in [5.41, 5.74) is 0.0636. The van der Waals surface area contributed by atoms with Crippen LogP contribution in [0.2, 0.25) is 0 Å². The first kappa shape index (κ1) is 14.5. The molecule has 1 aliphatic carbocycles. The van der Waals surface area contributed by atoms with Crippen LogP contribution in [0.1, 0.15) is 55.4 Å². The van der Waals surface area contributed by atoms with Crippen LogP contribution in [0.5, 0.6) is 0 Å². The molecule has 17 heavy (non-hydrogen) atoms. The molecule has 0 spiro atoms. The van der Waals surface area contributed by atoms with Gasteiger partial charge in [-0.05, 0) is 38.5 Å². The summed E-state index contributed by atoms with van der Waals surface area (Å²) >= 11 is 0. The van der Waals surface area contributed by atoms with Gasteiger partial charge in [-0.1, -0.05) is 27.7 Å². The normalized spacial score (nSPS) is 24.2. The van der Waals surface area contributed by atoms with E-state index in [4.69, 9.17) is 4.74 Å². The van der Waals surface area contributed by atoms with Crippen LogP contribution in [-0.2, 0) is 9.53 Å². The lowest BCUT2D eigenvalue weighted by atomic mass is 10.0. The smallest absolute Gasteiger partial charge is 0.323 e. The van der Waals surface area contributed by atoms with E-state index < -0.39 is 5.60 Å². The van der Waals surface area contributed by atoms with Crippen molar-refractivity contribution in [3.8, 4) is 0 Å². The monoisotopic (exact) mass is 241 g/mol. The largest absolute Gasteiger partial charge is 0.459 e. The molecule has 1 rings (SSSR count). The molecule has 1 atom stereocenters. The van der Waals surface area contributed by atoms with E-state index in [0.717, 1.165) is 0 Å². The molecule has 100 valence electrons. The van der Waals surface area contributed by atoms with Gasteiger partial charge in [-0.2, -0.15) is 0 Å². The first-order valence-electron chi connectivity index (χ1n) is 6.38. The zero-order valence-corrected chi connectivity index (χ0v) is 12.5. The predicted octanol–water partition coefficient (Wildman–Crippen LogP) is 2.74. The fourth-order valence-corrected chi connectivity index (χ4v) is 2.32. The summed E-state index contributed by atoms with van der Waals surface area (Å²) in [7, 11) is 0. The van der Waals surface area contributed by atoms with Crippen molar-refractivity contribution in [1.82, 2.24) is 5.32 Å². The Kier molecular flexibility index (Phi) is 3.39. The fraction of sp³-hybridized carbons (Fsp3) is 0.929. The number of carbonyl (C=O) groups excluding carboxylic acids is 1. The fourth-order valence-electron chi connectivity index (χ4n) is 2.32. The average Bonchev–Trinajstić information content (AvgIpc) is 2.44. The van der Waals surface area contributed by atoms with Gasteiger partial charge in [0.15, 0.2) is 0 Å². The second-order valence-electron chi connectivity index (χ2n) is 7.30. The van der Waals surface area contributed by atoms with Gasteiger partial charge >= 0.3 is 5.97 Å². The van der Waals surface area contributed by atoms with Crippen LogP contribution < -0.4 is 5.32 Å². The molecule has 0 aliphatic heterocycles. The number of hydrogen-bond acceptors (Lipinski definition) is 3.